The van der Waals surface area contributed by atoms with Crippen LogP contribution in [0.25, 0.3) is 0 Å². The molecule has 11 heteroatoms. The molecule has 0 bridgehead atoms. The zero-order valence-electron chi connectivity index (χ0n) is 22.2. The Morgan fingerprint density at radius 1 is 0.875 bits per heavy atom. The van der Waals surface area contributed by atoms with Crippen molar-refractivity contribution in [1.29, 1.82) is 0 Å². The molecule has 1 aliphatic heterocycles. The molecule has 40 heavy (non-hydrogen) atoms. The molecule has 0 radical (unpaired) electrons. The fourth-order valence-corrected chi connectivity index (χ4v) is 4.95. The predicted molar refractivity (Wildman–Crippen MR) is 155 cm³/mol. The maximum atomic E-state index is 11.9. The number of nitrogens with one attached hydrogen (secondary N) is 1. The zero-order chi connectivity index (χ0) is 28.1. The summed E-state index contributed by atoms with van der Waals surface area (Å²) in [4.78, 5) is 24.4. The summed E-state index contributed by atoms with van der Waals surface area (Å²) in [7, 11) is 3.30. The van der Waals surface area contributed by atoms with Crippen LogP contribution in [0.4, 0.5) is 23.1 Å². The Morgan fingerprint density at radius 3 is 1.93 bits per heavy atom. The molecule has 10 nitrogen and oxygen atoms in total. The third kappa shape index (κ3) is 6.08. The molecule has 2 heterocycles. The third-order valence-electron chi connectivity index (χ3n) is 6.89. The molecule has 0 atom stereocenters. The van der Waals surface area contributed by atoms with Crippen molar-refractivity contribution in [2.45, 2.75) is 6.04 Å². The minimum atomic E-state index is -0.439. The van der Waals surface area contributed by atoms with E-state index in [0.29, 0.717) is 37.0 Å². The number of piperazine rings is 1. The van der Waals surface area contributed by atoms with Crippen molar-refractivity contribution in [3.63, 3.8) is 0 Å². The summed E-state index contributed by atoms with van der Waals surface area (Å²) in [5.41, 5.74) is 2.86. The summed E-state index contributed by atoms with van der Waals surface area (Å²) in [6.07, 6.45) is 1.25. The van der Waals surface area contributed by atoms with Crippen molar-refractivity contribution in [2.24, 2.45) is 0 Å². The fourth-order valence-electron chi connectivity index (χ4n) is 4.83. The van der Waals surface area contributed by atoms with Crippen LogP contribution < -0.4 is 19.7 Å². The van der Waals surface area contributed by atoms with Gasteiger partial charge in [0.15, 0.2) is 0 Å². The van der Waals surface area contributed by atoms with Gasteiger partial charge in [-0.05, 0) is 59.7 Å². The Kier molecular flexibility index (Phi) is 8.28. The number of benzene rings is 3. The summed E-state index contributed by atoms with van der Waals surface area (Å²) in [5.74, 6) is 2.16. The molecule has 206 valence electrons. The van der Waals surface area contributed by atoms with E-state index in [-0.39, 0.29) is 17.7 Å². The van der Waals surface area contributed by atoms with Crippen molar-refractivity contribution in [3.8, 4) is 11.5 Å². The van der Waals surface area contributed by atoms with Crippen LogP contribution >= 0.6 is 11.6 Å². The second kappa shape index (κ2) is 12.2. The number of hydrogen-bond acceptors (Lipinski definition) is 9. The van der Waals surface area contributed by atoms with Crippen LogP contribution in [0, 0.1) is 10.1 Å². The van der Waals surface area contributed by atoms with Gasteiger partial charge in [0, 0.05) is 36.9 Å². The summed E-state index contributed by atoms with van der Waals surface area (Å²) < 4.78 is 10.7. The SMILES string of the molecule is COc1ccc(C(c2ccc(OC)cc2)N2CCN(c3nc(Nc4ccc(Cl)cc4)ncc3[N+](=O)[O-])CC2)cc1. The molecular formula is C29H29ClN6O4. The first-order valence-corrected chi connectivity index (χ1v) is 13.1. The van der Waals surface area contributed by atoms with Gasteiger partial charge in [-0.1, -0.05) is 35.9 Å². The third-order valence-corrected chi connectivity index (χ3v) is 7.14. The Bertz CT molecular complexity index is 1400. The monoisotopic (exact) mass is 560 g/mol. The van der Waals surface area contributed by atoms with E-state index in [0.717, 1.165) is 28.3 Å². The first-order valence-electron chi connectivity index (χ1n) is 12.8. The minimum Gasteiger partial charge on any atom is -0.497 e. The first kappa shape index (κ1) is 27.2. The molecule has 3 aromatic carbocycles. The quantitative estimate of drug-likeness (QED) is 0.203. The van der Waals surface area contributed by atoms with Gasteiger partial charge in [0.05, 0.1) is 25.2 Å². The molecule has 5 rings (SSSR count). The summed E-state index contributed by atoms with van der Waals surface area (Å²) in [6.45, 7) is 2.45. The van der Waals surface area contributed by atoms with E-state index in [9.17, 15) is 10.1 Å². The largest absolute Gasteiger partial charge is 0.497 e. The van der Waals surface area contributed by atoms with Gasteiger partial charge in [0.1, 0.15) is 17.7 Å². The number of halogens is 1. The van der Waals surface area contributed by atoms with Crippen molar-refractivity contribution >= 4 is 34.7 Å². The van der Waals surface area contributed by atoms with Crippen LogP contribution in [0.3, 0.4) is 0 Å². The van der Waals surface area contributed by atoms with Gasteiger partial charge in [-0.3, -0.25) is 15.0 Å². The first-order chi connectivity index (χ1) is 19.4. The molecule has 1 N–H and O–H groups in total. The molecule has 0 spiro atoms. The molecule has 4 aromatic rings. The van der Waals surface area contributed by atoms with Crippen LogP contribution in [0.2, 0.25) is 5.02 Å². The van der Waals surface area contributed by atoms with Gasteiger partial charge >= 0.3 is 5.69 Å². The number of anilines is 3. The normalized spacial score (nSPS) is 13.8. The predicted octanol–water partition coefficient (Wildman–Crippen LogP) is 5.71. The molecule has 0 amide bonds. The molecule has 1 aromatic heterocycles. The lowest BCUT2D eigenvalue weighted by molar-refractivity contribution is -0.384. The standard InChI is InChI=1S/C29H29ClN6O4/c1-39-24-11-3-20(4-12-24)27(21-5-13-25(40-2)14-6-21)34-15-17-35(18-16-34)28-26(36(37)38)19-31-29(33-28)32-23-9-7-22(30)8-10-23/h3-14,19,27H,15-18H2,1-2H3,(H,31,32,33). The van der Waals surface area contributed by atoms with Crippen LogP contribution in [0.1, 0.15) is 17.2 Å². The lowest BCUT2D eigenvalue weighted by Gasteiger charge is -2.40. The average Bonchev–Trinajstić information content (AvgIpc) is 2.99. The Hall–Kier alpha value is -4.41. The van der Waals surface area contributed by atoms with Crippen molar-refractivity contribution in [3.05, 3.63) is 105 Å². The highest BCUT2D eigenvalue weighted by molar-refractivity contribution is 6.30. The fraction of sp³-hybridized carbons (Fsp3) is 0.241. The van der Waals surface area contributed by atoms with Crippen LogP contribution in [0.15, 0.2) is 79.0 Å². The Labute approximate surface area is 237 Å². The molecule has 1 aliphatic rings. The van der Waals surface area contributed by atoms with E-state index in [1.807, 2.05) is 29.2 Å². The van der Waals surface area contributed by atoms with Gasteiger partial charge in [-0.25, -0.2) is 4.98 Å². The highest BCUT2D eigenvalue weighted by atomic mass is 35.5. The van der Waals surface area contributed by atoms with E-state index in [4.69, 9.17) is 21.1 Å². The second-order valence-electron chi connectivity index (χ2n) is 9.26. The smallest absolute Gasteiger partial charge is 0.329 e. The van der Waals surface area contributed by atoms with E-state index in [1.165, 1.54) is 6.20 Å². The number of nitro groups is 1. The van der Waals surface area contributed by atoms with Gasteiger partial charge < -0.3 is 19.7 Å². The summed E-state index contributed by atoms with van der Waals surface area (Å²) in [6, 6.07) is 23.2. The van der Waals surface area contributed by atoms with E-state index < -0.39 is 4.92 Å². The summed E-state index contributed by atoms with van der Waals surface area (Å²) in [5, 5.41) is 15.6. The molecule has 0 saturated carbocycles. The lowest BCUT2D eigenvalue weighted by atomic mass is 9.96. The van der Waals surface area contributed by atoms with Gasteiger partial charge in [-0.2, -0.15) is 4.98 Å². The van der Waals surface area contributed by atoms with Crippen molar-refractivity contribution in [1.82, 2.24) is 14.9 Å². The molecule has 0 aliphatic carbocycles. The number of methoxy groups -OCH3 is 2. The van der Waals surface area contributed by atoms with Gasteiger partial charge in [-0.15, -0.1) is 0 Å². The molecule has 1 fully saturated rings. The summed E-state index contributed by atoms with van der Waals surface area (Å²) >= 11 is 5.98. The maximum Gasteiger partial charge on any atom is 0.329 e. The van der Waals surface area contributed by atoms with Crippen molar-refractivity contribution < 1.29 is 14.4 Å². The highest BCUT2D eigenvalue weighted by Crippen LogP contribution is 2.34. The van der Waals surface area contributed by atoms with E-state index in [2.05, 4.69) is 44.5 Å². The van der Waals surface area contributed by atoms with E-state index in [1.54, 1.807) is 38.5 Å². The van der Waals surface area contributed by atoms with Gasteiger partial charge in [0.2, 0.25) is 11.8 Å². The minimum absolute atomic E-state index is 0.0125. The number of hydrogen-bond donors (Lipinski definition) is 1. The highest BCUT2D eigenvalue weighted by Gasteiger charge is 2.30. The number of ether oxygens (including phenoxy) is 2. The average molecular weight is 561 g/mol. The van der Waals surface area contributed by atoms with Crippen molar-refractivity contribution in [2.75, 3.05) is 50.6 Å². The maximum absolute atomic E-state index is 11.9. The number of nitrogens with zero attached hydrogens (tertiary/aromatic N) is 5. The second-order valence-corrected chi connectivity index (χ2v) is 9.70. The zero-order valence-corrected chi connectivity index (χ0v) is 22.9. The van der Waals surface area contributed by atoms with Crippen LogP contribution in [0.5, 0.6) is 11.5 Å². The van der Waals surface area contributed by atoms with Crippen LogP contribution in [-0.2, 0) is 0 Å². The topological polar surface area (TPSA) is 106 Å². The Balaban J connectivity index is 1.38. The number of rotatable bonds is 9. The molecule has 1 saturated heterocycles. The van der Waals surface area contributed by atoms with E-state index >= 15 is 0 Å². The van der Waals surface area contributed by atoms with Gasteiger partial charge in [0.25, 0.3) is 0 Å². The molecule has 0 unspecified atom stereocenters. The Morgan fingerprint density at radius 2 is 1.43 bits per heavy atom. The molecular weight excluding hydrogens is 532 g/mol. The number of aromatic nitrogens is 2. The lowest BCUT2D eigenvalue weighted by Crippen LogP contribution is -2.48. The van der Waals surface area contributed by atoms with Crippen LogP contribution in [-0.4, -0.2) is 60.2 Å².